The van der Waals surface area contributed by atoms with Gasteiger partial charge >= 0.3 is 6.03 Å². The van der Waals surface area contributed by atoms with Crippen molar-refractivity contribution in [3.63, 3.8) is 0 Å². The van der Waals surface area contributed by atoms with Crippen LogP contribution in [0.3, 0.4) is 0 Å². The van der Waals surface area contributed by atoms with Gasteiger partial charge in [-0.3, -0.25) is 0 Å². The Labute approximate surface area is 246 Å². The molecule has 7 heteroatoms. The molecule has 3 N–H and O–H groups in total. The Morgan fingerprint density at radius 2 is 1.56 bits per heavy atom. The molecule has 41 heavy (non-hydrogen) atoms. The van der Waals surface area contributed by atoms with Crippen molar-refractivity contribution in [2.24, 2.45) is 0 Å². The van der Waals surface area contributed by atoms with Crippen molar-refractivity contribution < 1.29 is 19.4 Å². The smallest absolute Gasteiger partial charge is 0.315 e. The average molecular weight is 569 g/mol. The summed E-state index contributed by atoms with van der Waals surface area (Å²) in [6, 6.07) is 34.6. The third kappa shape index (κ3) is 7.77. The van der Waals surface area contributed by atoms with Gasteiger partial charge in [0, 0.05) is 35.7 Å². The lowest BCUT2D eigenvalue weighted by molar-refractivity contribution is -0.245. The summed E-state index contributed by atoms with van der Waals surface area (Å²) < 4.78 is 13.0. The Morgan fingerprint density at radius 1 is 0.854 bits per heavy atom. The van der Waals surface area contributed by atoms with Gasteiger partial charge < -0.3 is 25.2 Å². The molecule has 0 spiro atoms. The Bertz CT molecular complexity index is 1400. The molecule has 0 unspecified atom stereocenters. The molecule has 0 aliphatic carbocycles. The van der Waals surface area contributed by atoms with Gasteiger partial charge in [-0.25, -0.2) is 4.79 Å². The molecular formula is C34H36N2O4S. The zero-order chi connectivity index (χ0) is 28.4. The molecule has 1 aliphatic heterocycles. The monoisotopic (exact) mass is 568 g/mol. The Kier molecular flexibility index (Phi) is 10.1. The summed E-state index contributed by atoms with van der Waals surface area (Å²) in [7, 11) is 0. The summed E-state index contributed by atoms with van der Waals surface area (Å²) in [5.74, 6) is 0.819. The van der Waals surface area contributed by atoms with Crippen molar-refractivity contribution >= 4 is 17.8 Å². The molecule has 0 aromatic heterocycles. The first kappa shape index (κ1) is 28.9. The number of aliphatic hydroxyl groups excluding tert-OH is 1. The van der Waals surface area contributed by atoms with E-state index in [1.807, 2.05) is 55.5 Å². The minimum Gasteiger partial charge on any atom is -0.392 e. The zero-order valence-electron chi connectivity index (χ0n) is 23.2. The van der Waals surface area contributed by atoms with E-state index in [1.54, 1.807) is 11.8 Å². The number of urea groups is 1. The largest absolute Gasteiger partial charge is 0.392 e. The number of ether oxygens (including phenoxy) is 2. The number of thioether (sulfide) groups is 1. The maximum Gasteiger partial charge on any atom is 0.315 e. The number of rotatable bonds is 10. The van der Waals surface area contributed by atoms with Gasteiger partial charge in [0.05, 0.1) is 18.8 Å². The zero-order valence-corrected chi connectivity index (χ0v) is 24.0. The summed E-state index contributed by atoms with van der Waals surface area (Å²) >= 11 is 1.79. The molecule has 3 atom stereocenters. The lowest BCUT2D eigenvalue weighted by Crippen LogP contribution is -2.34. The summed E-state index contributed by atoms with van der Waals surface area (Å²) in [5.41, 5.74) is 6.09. The van der Waals surface area contributed by atoms with E-state index >= 15 is 0 Å². The molecule has 5 rings (SSSR count). The van der Waals surface area contributed by atoms with Gasteiger partial charge in [-0.05, 0) is 46.9 Å². The van der Waals surface area contributed by atoms with Gasteiger partial charge in [0.1, 0.15) is 0 Å². The number of benzene rings is 4. The number of hydrogen-bond donors (Lipinski definition) is 3. The SMILES string of the molecule is CCNC(=O)NCc1ccccc1-c1ccc([C@H]2O[C@@H](CSc3ccccc3)C[C@@H](c3ccc(CO)cc3)O2)cc1. The van der Waals surface area contributed by atoms with Gasteiger partial charge in [0.15, 0.2) is 6.29 Å². The minimum absolute atomic E-state index is 0.00205. The molecule has 1 heterocycles. The van der Waals surface area contributed by atoms with Gasteiger partial charge in [-0.1, -0.05) is 91.0 Å². The first-order valence-corrected chi connectivity index (χ1v) is 15.0. The lowest BCUT2D eigenvalue weighted by atomic mass is 9.98. The van der Waals surface area contributed by atoms with E-state index in [0.29, 0.717) is 13.1 Å². The van der Waals surface area contributed by atoms with Crippen LogP contribution in [-0.2, 0) is 22.6 Å². The van der Waals surface area contributed by atoms with Gasteiger partial charge in [0.2, 0.25) is 0 Å². The fourth-order valence-corrected chi connectivity index (χ4v) is 5.85. The predicted octanol–water partition coefficient (Wildman–Crippen LogP) is 7.00. The molecule has 0 radical (unpaired) electrons. The fraction of sp³-hybridized carbons (Fsp3) is 0.265. The highest BCUT2D eigenvalue weighted by atomic mass is 32.2. The maximum absolute atomic E-state index is 11.9. The highest BCUT2D eigenvalue weighted by molar-refractivity contribution is 7.99. The summed E-state index contributed by atoms with van der Waals surface area (Å²) in [6.45, 7) is 2.94. The van der Waals surface area contributed by atoms with E-state index in [4.69, 9.17) is 9.47 Å². The van der Waals surface area contributed by atoms with Crippen LogP contribution in [0.25, 0.3) is 11.1 Å². The van der Waals surface area contributed by atoms with E-state index in [1.165, 1.54) is 4.90 Å². The van der Waals surface area contributed by atoms with E-state index in [2.05, 4.69) is 65.2 Å². The molecule has 0 bridgehead atoms. The Hall–Kier alpha value is -3.62. The third-order valence-electron chi connectivity index (χ3n) is 7.08. The van der Waals surface area contributed by atoms with Crippen molar-refractivity contribution in [2.45, 2.75) is 49.9 Å². The van der Waals surface area contributed by atoms with Crippen molar-refractivity contribution in [3.05, 3.63) is 125 Å². The van der Waals surface area contributed by atoms with Crippen LogP contribution in [0.2, 0.25) is 0 Å². The Balaban J connectivity index is 1.33. The maximum atomic E-state index is 11.9. The average Bonchev–Trinajstić information content (AvgIpc) is 3.03. The summed E-state index contributed by atoms with van der Waals surface area (Å²) in [4.78, 5) is 13.2. The number of carbonyl (C=O) groups excluding carboxylic acids is 1. The van der Waals surface area contributed by atoms with E-state index < -0.39 is 6.29 Å². The number of aliphatic hydroxyl groups is 1. The van der Waals surface area contributed by atoms with Crippen molar-refractivity contribution in [3.8, 4) is 11.1 Å². The summed E-state index contributed by atoms with van der Waals surface area (Å²) in [6.07, 6.45) is 0.126. The van der Waals surface area contributed by atoms with Crippen molar-refractivity contribution in [2.75, 3.05) is 12.3 Å². The standard InChI is InChI=1S/C34H36N2O4S/c1-2-35-34(38)36-21-28-8-6-7-11-31(28)25-16-18-27(19-17-25)33-39-29(23-41-30-9-4-3-5-10-30)20-32(40-33)26-14-12-24(22-37)13-15-26/h3-19,29,32-33,37H,2,20-23H2,1H3,(H2,35,36,38)/t29-,32+,33+/m1/s1. The van der Waals surface area contributed by atoms with Crippen LogP contribution < -0.4 is 10.6 Å². The summed E-state index contributed by atoms with van der Waals surface area (Å²) in [5, 5.41) is 15.2. The molecule has 1 fully saturated rings. The highest BCUT2D eigenvalue weighted by Gasteiger charge is 2.32. The topological polar surface area (TPSA) is 79.8 Å². The van der Waals surface area contributed by atoms with E-state index in [0.717, 1.165) is 45.6 Å². The van der Waals surface area contributed by atoms with Crippen LogP contribution in [0.1, 0.15) is 48.0 Å². The lowest BCUT2D eigenvalue weighted by Gasteiger charge is -2.36. The van der Waals surface area contributed by atoms with Crippen LogP contribution in [-0.4, -0.2) is 29.5 Å². The molecule has 2 amide bonds. The van der Waals surface area contributed by atoms with Gasteiger partial charge in [-0.2, -0.15) is 0 Å². The molecule has 4 aromatic rings. The second kappa shape index (κ2) is 14.3. The van der Waals surface area contributed by atoms with Crippen molar-refractivity contribution in [1.82, 2.24) is 10.6 Å². The third-order valence-corrected chi connectivity index (χ3v) is 8.23. The Morgan fingerprint density at radius 3 is 2.29 bits per heavy atom. The molecule has 0 saturated carbocycles. The fourth-order valence-electron chi connectivity index (χ4n) is 4.90. The van der Waals surface area contributed by atoms with Crippen LogP contribution in [0.15, 0.2) is 108 Å². The second-order valence-electron chi connectivity index (χ2n) is 9.97. The molecule has 4 aromatic carbocycles. The van der Waals surface area contributed by atoms with Crippen LogP contribution in [0, 0.1) is 0 Å². The minimum atomic E-state index is -0.503. The number of carbonyl (C=O) groups is 1. The van der Waals surface area contributed by atoms with Crippen LogP contribution in [0.4, 0.5) is 4.79 Å². The molecule has 1 saturated heterocycles. The molecular weight excluding hydrogens is 532 g/mol. The molecule has 6 nitrogen and oxygen atoms in total. The number of hydrogen-bond acceptors (Lipinski definition) is 5. The van der Waals surface area contributed by atoms with Crippen LogP contribution in [0.5, 0.6) is 0 Å². The molecule has 1 aliphatic rings. The number of amides is 2. The number of nitrogens with one attached hydrogen (secondary N) is 2. The first-order chi connectivity index (χ1) is 20.1. The van der Waals surface area contributed by atoms with Crippen molar-refractivity contribution in [1.29, 1.82) is 0 Å². The normalized spacial score (nSPS) is 18.5. The second-order valence-corrected chi connectivity index (χ2v) is 11.1. The van der Waals surface area contributed by atoms with Gasteiger partial charge in [0.25, 0.3) is 0 Å². The quantitative estimate of drug-likeness (QED) is 0.180. The van der Waals surface area contributed by atoms with E-state index in [-0.39, 0.29) is 24.8 Å². The first-order valence-electron chi connectivity index (χ1n) is 14.0. The molecule has 212 valence electrons. The van der Waals surface area contributed by atoms with Gasteiger partial charge in [-0.15, -0.1) is 11.8 Å². The highest BCUT2D eigenvalue weighted by Crippen LogP contribution is 2.40. The predicted molar refractivity (Wildman–Crippen MR) is 163 cm³/mol. The van der Waals surface area contributed by atoms with E-state index in [9.17, 15) is 9.90 Å². The van der Waals surface area contributed by atoms with Crippen LogP contribution >= 0.6 is 11.8 Å².